The van der Waals surface area contributed by atoms with Crippen LogP contribution in [0.4, 0.5) is 0 Å². The molecule has 5 nitrogen and oxygen atoms in total. The second-order valence-corrected chi connectivity index (χ2v) is 6.17. The van der Waals surface area contributed by atoms with E-state index >= 15 is 0 Å². The van der Waals surface area contributed by atoms with Gasteiger partial charge >= 0.3 is 5.97 Å². The Kier molecular flexibility index (Phi) is 5.41. The van der Waals surface area contributed by atoms with E-state index in [4.69, 9.17) is 25.9 Å². The molecular weight excluding hydrogens is 316 g/mol. The van der Waals surface area contributed by atoms with E-state index in [2.05, 4.69) is 0 Å². The van der Waals surface area contributed by atoms with Gasteiger partial charge in [0.15, 0.2) is 0 Å². The number of furan rings is 1. The lowest BCUT2D eigenvalue weighted by atomic mass is 10.3. The maximum absolute atomic E-state index is 11.8. The van der Waals surface area contributed by atoms with E-state index in [1.807, 2.05) is 0 Å². The third-order valence-corrected chi connectivity index (χ3v) is 4.05. The van der Waals surface area contributed by atoms with Crippen LogP contribution in [0.3, 0.4) is 0 Å². The van der Waals surface area contributed by atoms with Crippen molar-refractivity contribution < 1.29 is 23.3 Å². The monoisotopic (exact) mass is 328 g/mol. The molecule has 1 heterocycles. The summed E-state index contributed by atoms with van der Waals surface area (Å²) in [7, 11) is -1.19. The summed E-state index contributed by atoms with van der Waals surface area (Å²) >= 11 is 5.75. The number of carboxylic acids is 1. The van der Waals surface area contributed by atoms with Gasteiger partial charge in [0.1, 0.15) is 11.5 Å². The van der Waals surface area contributed by atoms with E-state index in [0.29, 0.717) is 28.9 Å². The molecule has 1 aromatic heterocycles. The molecule has 0 saturated carbocycles. The number of ether oxygens (including phenoxy) is 1. The number of halogens is 1. The second-order valence-electron chi connectivity index (χ2n) is 4.16. The highest BCUT2D eigenvalue weighted by atomic mass is 35.5. The lowest BCUT2D eigenvalue weighted by Gasteiger charge is -2.05. The Balaban J connectivity index is 1.76. The van der Waals surface area contributed by atoms with E-state index in [-0.39, 0.29) is 11.5 Å². The van der Waals surface area contributed by atoms with Gasteiger partial charge in [0.05, 0.1) is 18.1 Å². The van der Waals surface area contributed by atoms with Gasteiger partial charge in [-0.3, -0.25) is 4.21 Å². The van der Waals surface area contributed by atoms with Gasteiger partial charge in [-0.15, -0.1) is 0 Å². The summed E-state index contributed by atoms with van der Waals surface area (Å²) < 4.78 is 22.3. The quantitative estimate of drug-likeness (QED) is 0.845. The molecule has 0 spiro atoms. The van der Waals surface area contributed by atoms with Crippen molar-refractivity contribution in [2.45, 2.75) is 5.75 Å². The van der Waals surface area contributed by atoms with Gasteiger partial charge in [0, 0.05) is 15.8 Å². The lowest BCUT2D eigenvalue weighted by Crippen LogP contribution is -2.09. The van der Waals surface area contributed by atoms with Crippen molar-refractivity contribution in [3.8, 4) is 5.75 Å². The number of rotatable bonds is 7. The van der Waals surface area contributed by atoms with Crippen LogP contribution in [-0.2, 0) is 16.6 Å². The first-order chi connectivity index (χ1) is 10.0. The average molecular weight is 329 g/mol. The Morgan fingerprint density at radius 1 is 1.24 bits per heavy atom. The minimum absolute atomic E-state index is 0.153. The van der Waals surface area contributed by atoms with Crippen LogP contribution >= 0.6 is 11.6 Å². The first-order valence-corrected chi connectivity index (χ1v) is 7.96. The fraction of sp³-hybridized carbons (Fsp3) is 0.214. The Labute approximate surface area is 128 Å². The van der Waals surface area contributed by atoms with Gasteiger partial charge in [-0.1, -0.05) is 11.6 Å². The number of carboxylic acid groups (broad SMARTS) is 1. The van der Waals surface area contributed by atoms with Gasteiger partial charge in [-0.2, -0.15) is 0 Å². The summed E-state index contributed by atoms with van der Waals surface area (Å²) in [5.41, 5.74) is 0. The van der Waals surface area contributed by atoms with Crippen LogP contribution < -0.4 is 4.74 Å². The average Bonchev–Trinajstić information content (AvgIpc) is 2.90. The van der Waals surface area contributed by atoms with Crippen LogP contribution in [0.2, 0.25) is 5.02 Å². The molecule has 0 radical (unpaired) electrons. The van der Waals surface area contributed by atoms with Gasteiger partial charge in [-0.25, -0.2) is 4.79 Å². The van der Waals surface area contributed by atoms with E-state index in [9.17, 15) is 9.00 Å². The number of benzene rings is 1. The summed E-state index contributed by atoms with van der Waals surface area (Å²) in [4.78, 5) is 10.7. The smallest absolute Gasteiger partial charge is 0.371 e. The largest absolute Gasteiger partial charge is 0.493 e. The van der Waals surface area contributed by atoms with Gasteiger partial charge in [0.2, 0.25) is 5.76 Å². The maximum Gasteiger partial charge on any atom is 0.371 e. The Morgan fingerprint density at radius 3 is 2.57 bits per heavy atom. The third kappa shape index (κ3) is 4.91. The highest BCUT2D eigenvalue weighted by Crippen LogP contribution is 2.15. The molecule has 7 heteroatoms. The van der Waals surface area contributed by atoms with Crippen molar-refractivity contribution in [2.24, 2.45) is 0 Å². The first kappa shape index (κ1) is 15.6. The Bertz CT molecular complexity index is 635. The molecule has 0 aliphatic carbocycles. The predicted molar refractivity (Wildman–Crippen MR) is 79.3 cm³/mol. The van der Waals surface area contributed by atoms with Crippen LogP contribution in [0, 0.1) is 0 Å². The van der Waals surface area contributed by atoms with Crippen LogP contribution in [0.5, 0.6) is 5.75 Å². The highest BCUT2D eigenvalue weighted by Gasteiger charge is 2.11. The van der Waals surface area contributed by atoms with E-state index in [0.717, 1.165) is 0 Å². The summed E-state index contributed by atoms with van der Waals surface area (Å²) in [5, 5.41) is 9.34. The molecule has 21 heavy (non-hydrogen) atoms. The summed E-state index contributed by atoms with van der Waals surface area (Å²) in [6.07, 6.45) is 0. The van der Waals surface area contributed by atoms with Crippen LogP contribution in [0.1, 0.15) is 16.3 Å². The molecule has 0 fully saturated rings. The Morgan fingerprint density at radius 2 is 1.95 bits per heavy atom. The summed E-state index contributed by atoms with van der Waals surface area (Å²) in [6.45, 7) is 0.292. The lowest BCUT2D eigenvalue weighted by molar-refractivity contribution is 0.0660. The fourth-order valence-electron chi connectivity index (χ4n) is 1.58. The molecule has 0 amide bonds. The third-order valence-electron chi connectivity index (χ3n) is 2.57. The van der Waals surface area contributed by atoms with E-state index in [1.165, 1.54) is 12.1 Å². The van der Waals surface area contributed by atoms with Crippen LogP contribution in [-0.4, -0.2) is 27.6 Å². The zero-order valence-corrected chi connectivity index (χ0v) is 12.5. The maximum atomic E-state index is 11.8. The highest BCUT2D eigenvalue weighted by molar-refractivity contribution is 7.84. The molecule has 0 saturated heterocycles. The predicted octanol–water partition coefficient (Wildman–Crippen LogP) is 2.96. The number of aromatic carboxylic acids is 1. The molecule has 1 N–H and O–H groups in total. The molecule has 2 aromatic rings. The molecule has 1 atom stereocenters. The minimum atomic E-state index is -1.19. The molecule has 2 rings (SSSR count). The van der Waals surface area contributed by atoms with Crippen molar-refractivity contribution in [2.75, 3.05) is 12.4 Å². The van der Waals surface area contributed by atoms with E-state index < -0.39 is 16.8 Å². The zero-order chi connectivity index (χ0) is 15.2. The first-order valence-electron chi connectivity index (χ1n) is 6.10. The molecule has 112 valence electrons. The minimum Gasteiger partial charge on any atom is -0.493 e. The topological polar surface area (TPSA) is 76.7 Å². The van der Waals surface area contributed by atoms with Crippen LogP contribution in [0.25, 0.3) is 0 Å². The van der Waals surface area contributed by atoms with Crippen molar-refractivity contribution in [1.29, 1.82) is 0 Å². The van der Waals surface area contributed by atoms with Crippen LogP contribution in [0.15, 0.2) is 40.8 Å². The van der Waals surface area contributed by atoms with Gasteiger partial charge in [0.25, 0.3) is 0 Å². The molecule has 0 aliphatic rings. The Hall–Kier alpha value is -1.79. The SMILES string of the molecule is O=C(O)c1ccc(CS(=O)CCOc2ccc(Cl)cc2)o1. The van der Waals surface area contributed by atoms with Crippen molar-refractivity contribution in [3.05, 3.63) is 52.9 Å². The van der Waals surface area contributed by atoms with Gasteiger partial charge < -0.3 is 14.3 Å². The number of hydrogen-bond acceptors (Lipinski definition) is 4. The molecule has 0 bridgehead atoms. The normalized spacial score (nSPS) is 12.0. The van der Waals surface area contributed by atoms with Gasteiger partial charge in [-0.05, 0) is 36.4 Å². The molecule has 0 aliphatic heterocycles. The zero-order valence-electron chi connectivity index (χ0n) is 11.0. The second kappa shape index (κ2) is 7.28. The van der Waals surface area contributed by atoms with E-state index in [1.54, 1.807) is 24.3 Å². The molecule has 1 unspecified atom stereocenters. The summed E-state index contributed by atoms with van der Waals surface area (Å²) in [5.74, 6) is 0.237. The van der Waals surface area contributed by atoms with Crippen molar-refractivity contribution in [3.63, 3.8) is 0 Å². The molecule has 1 aromatic carbocycles. The molecular formula is C14H13ClO5S. The standard InChI is InChI=1S/C14H13ClO5S/c15-10-1-3-11(4-2-10)19-7-8-21(18)9-12-5-6-13(20-12)14(16)17/h1-6H,7-9H2,(H,16,17). The van der Waals surface area contributed by atoms with Crippen molar-refractivity contribution in [1.82, 2.24) is 0 Å². The number of carbonyl (C=O) groups is 1. The van der Waals surface area contributed by atoms with Crippen molar-refractivity contribution >= 4 is 28.4 Å². The fourth-order valence-corrected chi connectivity index (χ4v) is 2.60. The number of hydrogen-bond donors (Lipinski definition) is 1. The summed E-state index contributed by atoms with van der Waals surface area (Å²) in [6, 6.07) is 9.75.